The number of nitrogens with one attached hydrogen (secondary N) is 2. The monoisotopic (exact) mass is 904 g/mol. The van der Waals surface area contributed by atoms with Crippen molar-refractivity contribution in [1.29, 1.82) is 0 Å². The van der Waals surface area contributed by atoms with Crippen LogP contribution in [0.2, 0.25) is 0 Å². The van der Waals surface area contributed by atoms with E-state index in [0.29, 0.717) is 36.5 Å². The maximum Gasteiger partial charge on any atom is 0.336 e. The Balaban J connectivity index is 0.880. The summed E-state index contributed by atoms with van der Waals surface area (Å²) in [7, 11) is 0. The first-order valence-corrected chi connectivity index (χ1v) is 24.6. The van der Waals surface area contributed by atoms with Gasteiger partial charge in [-0.25, -0.2) is 9.37 Å². The molecule has 5 aliphatic rings. The molecule has 5 aromatic carbocycles. The maximum atomic E-state index is 14.1. The van der Waals surface area contributed by atoms with Crippen LogP contribution >= 0.6 is 0 Å². The van der Waals surface area contributed by atoms with Gasteiger partial charge < -0.3 is 40.1 Å². The molecule has 1 atom stereocenters. The number of aryl methyl sites for hydroxylation is 2. The minimum atomic E-state index is -1.05. The Labute approximate surface area is 391 Å². The number of hydrogen-bond donors (Lipinski definition) is 4. The van der Waals surface area contributed by atoms with E-state index in [9.17, 15) is 24.6 Å². The number of anilines is 1. The summed E-state index contributed by atoms with van der Waals surface area (Å²) in [6.07, 6.45) is 9.64. The number of aliphatic hydroxyl groups excluding tert-OH is 1. The summed E-state index contributed by atoms with van der Waals surface area (Å²) in [5.74, 6) is 0.936. The van der Waals surface area contributed by atoms with E-state index < -0.39 is 12.1 Å². The van der Waals surface area contributed by atoms with Gasteiger partial charge in [0.25, 0.3) is 5.91 Å². The van der Waals surface area contributed by atoms with Gasteiger partial charge >= 0.3 is 5.97 Å². The molecule has 0 aromatic heterocycles. The van der Waals surface area contributed by atoms with Crippen molar-refractivity contribution in [3.05, 3.63) is 128 Å². The number of fused-ring (bicyclic) bond motifs is 5. The average Bonchev–Trinajstić information content (AvgIpc) is 3.70. The van der Waals surface area contributed by atoms with Crippen LogP contribution in [0.4, 0.5) is 5.69 Å². The van der Waals surface area contributed by atoms with Crippen LogP contribution < -0.4 is 40.2 Å². The molecule has 0 unspecified atom stereocenters. The number of benzene rings is 5. The summed E-state index contributed by atoms with van der Waals surface area (Å²) in [6.45, 7) is 7.79. The van der Waals surface area contributed by atoms with Crippen molar-refractivity contribution >= 4 is 39.8 Å². The second-order valence-electron chi connectivity index (χ2n) is 18.7. The van der Waals surface area contributed by atoms with Gasteiger partial charge in [-0.1, -0.05) is 36.4 Å². The largest absolute Gasteiger partial charge is 0.490 e. The number of likely N-dealkylation sites (N-methyl/N-ethyl adjacent to an activating group) is 1. The highest BCUT2D eigenvalue weighted by molar-refractivity contribution is 6.02. The molecular formula is C55H62N5O7+. The molecule has 0 radical (unpaired) electrons. The summed E-state index contributed by atoms with van der Waals surface area (Å²) in [5, 5.41) is 31.9. The van der Waals surface area contributed by atoms with E-state index in [1.807, 2.05) is 49.4 Å². The zero-order chi connectivity index (χ0) is 46.0. The first kappa shape index (κ1) is 44.6. The lowest BCUT2D eigenvalue weighted by molar-refractivity contribution is -0.130. The molecule has 5 aromatic rings. The van der Waals surface area contributed by atoms with Gasteiger partial charge in [-0.15, -0.1) is 0 Å². The number of amides is 2. The van der Waals surface area contributed by atoms with Gasteiger partial charge in [0.15, 0.2) is 0 Å². The number of hydrogen-bond acceptors (Lipinski definition) is 8. The van der Waals surface area contributed by atoms with E-state index in [-0.39, 0.29) is 43.5 Å². The summed E-state index contributed by atoms with van der Waals surface area (Å²) in [5.41, 5.74) is 9.05. The van der Waals surface area contributed by atoms with Crippen LogP contribution in [0, 0.1) is 0 Å². The van der Waals surface area contributed by atoms with E-state index in [0.717, 1.165) is 129 Å². The molecule has 4 N–H and O–H groups in total. The molecule has 12 heteroatoms. The fraction of sp³-hybridized carbons (Fsp3) is 0.418. The molecule has 0 bridgehead atoms. The molecule has 0 saturated carbocycles. The lowest BCUT2D eigenvalue weighted by Crippen LogP contribution is -2.41. The second-order valence-corrected chi connectivity index (χ2v) is 18.7. The van der Waals surface area contributed by atoms with Crippen LogP contribution in [-0.4, -0.2) is 105 Å². The number of carboxylic acid groups (broad SMARTS) is 1. The van der Waals surface area contributed by atoms with Crippen molar-refractivity contribution in [3.63, 3.8) is 0 Å². The van der Waals surface area contributed by atoms with Crippen LogP contribution in [0.25, 0.3) is 16.3 Å². The quantitative estimate of drug-likeness (QED) is 0.0749. The van der Waals surface area contributed by atoms with E-state index >= 15 is 0 Å². The topological polar surface area (TPSA) is 144 Å². The van der Waals surface area contributed by atoms with Crippen molar-refractivity contribution in [1.82, 2.24) is 20.1 Å². The Hall–Kier alpha value is -6.24. The smallest absolute Gasteiger partial charge is 0.336 e. The number of carboxylic acids is 1. The van der Waals surface area contributed by atoms with Gasteiger partial charge in [-0.2, -0.15) is 0 Å². The third-order valence-electron chi connectivity index (χ3n) is 14.4. The minimum absolute atomic E-state index is 0.0628. The molecule has 5 heterocycles. The van der Waals surface area contributed by atoms with Crippen molar-refractivity contribution in [2.45, 2.75) is 83.7 Å². The molecule has 5 aliphatic heterocycles. The Bertz CT molecular complexity index is 2890. The summed E-state index contributed by atoms with van der Waals surface area (Å²) in [6, 6.07) is 23.3. The highest BCUT2D eigenvalue weighted by Gasteiger charge is 2.36. The number of aromatic carboxylic acids is 1. The SMILES string of the molecule is CCN(CCNC(=O)c1ccc(C(=O)O)c(C2=c3cc4c5c(c3Oc3c2cc2c6c3CCCN6CCCC2)CCC[N+]=5CCCC4)c1)C(=O)CCNC[C@H](O)COc1cccc2ccccc12. The fourth-order valence-corrected chi connectivity index (χ4v) is 11.3. The standard InChI is InChI=1S/C55H61N5O7/c1-2-58(48(62)22-23-56-33-39(61)34-66-47-19-9-15-35-12-3-4-16-40(35)47)29-24-57-54(63)38-20-21-41(55(64)65)44(32-38)49-45-30-36-13-5-7-25-59-27-10-17-42(50(36)59)52(45)67-53-43-18-11-28-60-26-8-6-14-37(51(43)60)31-46(49)53/h3-4,9,12,15-16,19-21,30-32,39,56,61H,2,5-8,10-11,13-14,17-18,22-29,33-34H2,1H3,(H-,57,63,64,65)/p+1/t39-/m0/s1. The summed E-state index contributed by atoms with van der Waals surface area (Å²) >= 11 is 0. The van der Waals surface area contributed by atoms with Crippen molar-refractivity contribution < 1.29 is 34.1 Å². The predicted octanol–water partition coefficient (Wildman–Crippen LogP) is 5.75. The van der Waals surface area contributed by atoms with Crippen molar-refractivity contribution in [2.75, 3.05) is 70.4 Å². The molecule has 348 valence electrons. The number of carbonyl (C=O) groups is 3. The van der Waals surface area contributed by atoms with Gasteiger partial charge in [-0.3, -0.25) is 9.59 Å². The van der Waals surface area contributed by atoms with Gasteiger partial charge in [0.2, 0.25) is 11.3 Å². The first-order valence-electron chi connectivity index (χ1n) is 24.6. The van der Waals surface area contributed by atoms with E-state index in [2.05, 4.69) is 32.2 Å². The molecule has 0 spiro atoms. The Morgan fingerprint density at radius 1 is 0.836 bits per heavy atom. The molecule has 0 saturated heterocycles. The summed E-state index contributed by atoms with van der Waals surface area (Å²) in [4.78, 5) is 44.9. The zero-order valence-corrected chi connectivity index (χ0v) is 38.6. The second kappa shape index (κ2) is 19.5. The predicted molar refractivity (Wildman–Crippen MR) is 260 cm³/mol. The molecule has 12 nitrogen and oxygen atoms in total. The van der Waals surface area contributed by atoms with Gasteiger partial charge in [-0.05, 0) is 111 Å². The average molecular weight is 905 g/mol. The molecule has 2 amide bonds. The molecule has 0 aliphatic carbocycles. The lowest BCUT2D eigenvalue weighted by atomic mass is 9.82. The van der Waals surface area contributed by atoms with Gasteiger partial charge in [0.05, 0.1) is 11.1 Å². The number of carbonyl (C=O) groups excluding carboxylic acids is 2. The highest BCUT2D eigenvalue weighted by atomic mass is 16.5. The van der Waals surface area contributed by atoms with Crippen LogP contribution in [0.15, 0.2) is 72.8 Å². The Kier molecular flexibility index (Phi) is 13.0. The normalized spacial score (nSPS) is 16.4. The highest BCUT2D eigenvalue weighted by Crippen LogP contribution is 2.48. The molecule has 0 fully saturated rings. The van der Waals surface area contributed by atoms with E-state index in [4.69, 9.17) is 9.47 Å². The minimum Gasteiger partial charge on any atom is -0.490 e. The molecule has 67 heavy (non-hydrogen) atoms. The van der Waals surface area contributed by atoms with Crippen molar-refractivity contribution in [3.8, 4) is 17.2 Å². The third-order valence-corrected chi connectivity index (χ3v) is 14.4. The summed E-state index contributed by atoms with van der Waals surface area (Å²) < 4.78 is 15.7. The Morgan fingerprint density at radius 2 is 1.64 bits per heavy atom. The number of aliphatic hydroxyl groups is 1. The lowest BCUT2D eigenvalue weighted by Gasteiger charge is -2.35. The third kappa shape index (κ3) is 8.89. The Morgan fingerprint density at radius 3 is 2.52 bits per heavy atom. The van der Waals surface area contributed by atoms with Crippen LogP contribution in [0.5, 0.6) is 17.2 Å². The first-order chi connectivity index (χ1) is 32.8. The molecule has 10 rings (SSSR count). The van der Waals surface area contributed by atoms with E-state index in [1.54, 1.807) is 23.1 Å². The number of nitrogens with zero attached hydrogens (tertiary/aromatic N) is 3. The van der Waals surface area contributed by atoms with E-state index in [1.165, 1.54) is 33.3 Å². The van der Waals surface area contributed by atoms with Crippen LogP contribution in [-0.2, 0) is 30.5 Å². The fourth-order valence-electron chi connectivity index (χ4n) is 11.3. The number of rotatable bonds is 15. The van der Waals surface area contributed by atoms with Crippen LogP contribution in [0.1, 0.15) is 106 Å². The van der Waals surface area contributed by atoms with Crippen molar-refractivity contribution in [2.24, 2.45) is 0 Å². The van der Waals surface area contributed by atoms with Crippen LogP contribution in [0.3, 0.4) is 0 Å². The molecular weight excluding hydrogens is 843 g/mol. The maximum absolute atomic E-state index is 14.1. The van der Waals surface area contributed by atoms with Gasteiger partial charge in [0, 0.05) is 109 Å². The number of ether oxygens (including phenoxy) is 2. The zero-order valence-electron chi connectivity index (χ0n) is 38.6. The van der Waals surface area contributed by atoms with Gasteiger partial charge in [0.1, 0.15) is 43.0 Å².